The van der Waals surface area contributed by atoms with Crippen LogP contribution in [-0.2, 0) is 9.63 Å². The molecule has 2 heterocycles. The van der Waals surface area contributed by atoms with Crippen molar-refractivity contribution in [3.63, 3.8) is 0 Å². The van der Waals surface area contributed by atoms with Crippen LogP contribution in [0.25, 0.3) is 0 Å². The van der Waals surface area contributed by atoms with Crippen LogP contribution in [0.1, 0.15) is 44.6 Å². The van der Waals surface area contributed by atoms with Crippen LogP contribution in [0.15, 0.2) is 33.9 Å². The highest BCUT2D eigenvalue weighted by molar-refractivity contribution is 9.10. The number of amides is 1. The van der Waals surface area contributed by atoms with Crippen molar-refractivity contribution in [3.8, 4) is 0 Å². The fraction of sp³-hybridized carbons (Fsp3) is 0.529. The Morgan fingerprint density at radius 2 is 2.32 bits per heavy atom. The summed E-state index contributed by atoms with van der Waals surface area (Å²) < 4.78 is 1.00. The molecule has 22 heavy (non-hydrogen) atoms. The molecular weight excluding hydrogens is 344 g/mol. The summed E-state index contributed by atoms with van der Waals surface area (Å²) >= 11 is 3.46. The minimum atomic E-state index is -0.457. The summed E-state index contributed by atoms with van der Waals surface area (Å²) in [5, 5.41) is 4.14. The number of oxime groups is 1. The number of carbonyl (C=O) groups is 1. The van der Waals surface area contributed by atoms with Crippen LogP contribution < -0.4 is 0 Å². The zero-order valence-electron chi connectivity index (χ0n) is 12.8. The molecule has 1 aromatic carbocycles. The summed E-state index contributed by atoms with van der Waals surface area (Å²) in [4.78, 5) is 20.2. The summed E-state index contributed by atoms with van der Waals surface area (Å²) in [6.07, 6.45) is 4.53. The lowest BCUT2D eigenvalue weighted by Crippen LogP contribution is -2.48. The normalized spacial score (nSPS) is 24.8. The van der Waals surface area contributed by atoms with Crippen LogP contribution in [-0.4, -0.2) is 35.2 Å². The molecule has 0 spiro atoms. The van der Waals surface area contributed by atoms with Crippen LogP contribution in [0.5, 0.6) is 0 Å². The topological polar surface area (TPSA) is 41.9 Å². The molecule has 0 N–H and O–H groups in total. The highest BCUT2D eigenvalue weighted by atomic mass is 79.9. The van der Waals surface area contributed by atoms with Gasteiger partial charge >= 0.3 is 0 Å². The average molecular weight is 365 g/mol. The smallest absolute Gasteiger partial charge is 0.267 e. The van der Waals surface area contributed by atoms with Crippen molar-refractivity contribution >= 4 is 27.5 Å². The molecule has 4 nitrogen and oxygen atoms in total. The third-order valence-corrected chi connectivity index (χ3v) is 4.98. The van der Waals surface area contributed by atoms with Gasteiger partial charge in [0.05, 0.1) is 5.71 Å². The standard InChI is InChI=1S/C17H21BrN2O2/c1-2-14-8-3-4-9-20(14)17(21)16-11-15(19-22-16)12-6-5-7-13(18)10-12/h5-7,10,14,16H,2-4,8-9,11H2,1H3. The molecule has 2 aliphatic heterocycles. The van der Waals surface area contributed by atoms with Gasteiger partial charge in [0, 0.05) is 29.0 Å². The van der Waals surface area contributed by atoms with E-state index in [1.807, 2.05) is 29.2 Å². The van der Waals surface area contributed by atoms with Gasteiger partial charge in [-0.25, -0.2) is 0 Å². The van der Waals surface area contributed by atoms with Gasteiger partial charge in [-0.1, -0.05) is 40.1 Å². The van der Waals surface area contributed by atoms with E-state index in [2.05, 4.69) is 28.0 Å². The molecule has 1 saturated heterocycles. The first-order valence-corrected chi connectivity index (χ1v) is 8.77. The molecule has 5 heteroatoms. The number of nitrogens with zero attached hydrogens (tertiary/aromatic N) is 2. The SMILES string of the molecule is CCC1CCCCN1C(=O)C1CC(c2cccc(Br)c2)=NO1. The predicted molar refractivity (Wildman–Crippen MR) is 89.8 cm³/mol. The van der Waals surface area contributed by atoms with Crippen molar-refractivity contribution in [2.75, 3.05) is 6.54 Å². The lowest BCUT2D eigenvalue weighted by atomic mass is 9.98. The molecule has 118 valence electrons. The molecule has 0 saturated carbocycles. The Morgan fingerprint density at radius 3 is 3.09 bits per heavy atom. The Bertz CT molecular complexity index is 588. The van der Waals surface area contributed by atoms with E-state index in [0.29, 0.717) is 12.5 Å². The first-order chi connectivity index (χ1) is 10.7. The lowest BCUT2D eigenvalue weighted by Gasteiger charge is -2.36. The van der Waals surface area contributed by atoms with Crippen molar-refractivity contribution in [3.05, 3.63) is 34.3 Å². The zero-order chi connectivity index (χ0) is 15.5. The number of hydrogen-bond donors (Lipinski definition) is 0. The number of rotatable bonds is 3. The van der Waals surface area contributed by atoms with Gasteiger partial charge in [-0.05, 0) is 37.8 Å². The highest BCUT2D eigenvalue weighted by Gasteiger charge is 2.35. The van der Waals surface area contributed by atoms with E-state index < -0.39 is 6.10 Å². The maximum Gasteiger partial charge on any atom is 0.267 e. The Balaban J connectivity index is 1.67. The summed E-state index contributed by atoms with van der Waals surface area (Å²) in [5.74, 6) is 0.0975. The van der Waals surface area contributed by atoms with Gasteiger partial charge < -0.3 is 9.74 Å². The number of benzene rings is 1. The van der Waals surface area contributed by atoms with Gasteiger partial charge in [0.2, 0.25) is 6.10 Å². The van der Waals surface area contributed by atoms with Gasteiger partial charge in [0.15, 0.2) is 0 Å². The van der Waals surface area contributed by atoms with Crippen LogP contribution in [0, 0.1) is 0 Å². The number of hydrogen-bond acceptors (Lipinski definition) is 3. The maximum atomic E-state index is 12.7. The molecule has 0 radical (unpaired) electrons. The number of piperidine rings is 1. The van der Waals surface area contributed by atoms with Crippen molar-refractivity contribution < 1.29 is 9.63 Å². The van der Waals surface area contributed by atoms with E-state index in [1.165, 1.54) is 6.42 Å². The molecule has 2 unspecified atom stereocenters. The molecular formula is C17H21BrN2O2. The average Bonchev–Trinajstić information content (AvgIpc) is 3.04. The predicted octanol–water partition coefficient (Wildman–Crippen LogP) is 3.73. The van der Waals surface area contributed by atoms with E-state index >= 15 is 0 Å². The van der Waals surface area contributed by atoms with E-state index in [0.717, 1.165) is 41.6 Å². The highest BCUT2D eigenvalue weighted by Crippen LogP contribution is 2.25. The molecule has 0 bridgehead atoms. The van der Waals surface area contributed by atoms with Crippen LogP contribution in [0.3, 0.4) is 0 Å². The number of carbonyl (C=O) groups excluding carboxylic acids is 1. The molecule has 0 aliphatic carbocycles. The quantitative estimate of drug-likeness (QED) is 0.819. The van der Waals surface area contributed by atoms with Gasteiger partial charge in [0.1, 0.15) is 0 Å². The Morgan fingerprint density at radius 1 is 1.45 bits per heavy atom. The van der Waals surface area contributed by atoms with Crippen LogP contribution in [0.2, 0.25) is 0 Å². The van der Waals surface area contributed by atoms with Crippen molar-refractivity contribution in [1.82, 2.24) is 4.90 Å². The van der Waals surface area contributed by atoms with Crippen molar-refractivity contribution in [1.29, 1.82) is 0 Å². The van der Waals surface area contributed by atoms with Gasteiger partial charge in [-0.3, -0.25) is 4.79 Å². The molecule has 1 fully saturated rings. The third kappa shape index (κ3) is 3.19. The van der Waals surface area contributed by atoms with E-state index in [4.69, 9.17) is 4.84 Å². The largest absolute Gasteiger partial charge is 0.382 e. The second-order valence-electron chi connectivity index (χ2n) is 5.94. The molecule has 2 aliphatic rings. The minimum Gasteiger partial charge on any atom is -0.382 e. The van der Waals surface area contributed by atoms with E-state index in [9.17, 15) is 4.79 Å². The summed E-state index contributed by atoms with van der Waals surface area (Å²) in [6, 6.07) is 8.30. The Hall–Kier alpha value is -1.36. The Kier molecular flexibility index (Phi) is 4.81. The molecule has 1 amide bonds. The van der Waals surface area contributed by atoms with Gasteiger partial charge in [0.25, 0.3) is 5.91 Å². The second kappa shape index (κ2) is 6.82. The molecule has 1 aromatic rings. The molecule has 0 aromatic heterocycles. The van der Waals surface area contributed by atoms with Gasteiger partial charge in [-0.2, -0.15) is 0 Å². The third-order valence-electron chi connectivity index (χ3n) is 4.48. The van der Waals surface area contributed by atoms with Gasteiger partial charge in [-0.15, -0.1) is 0 Å². The first-order valence-electron chi connectivity index (χ1n) is 7.98. The second-order valence-corrected chi connectivity index (χ2v) is 6.85. The van der Waals surface area contributed by atoms with Crippen LogP contribution in [0.4, 0.5) is 0 Å². The van der Waals surface area contributed by atoms with E-state index in [-0.39, 0.29) is 5.91 Å². The Labute approximate surface area is 139 Å². The maximum absolute atomic E-state index is 12.7. The summed E-state index contributed by atoms with van der Waals surface area (Å²) in [7, 11) is 0. The number of likely N-dealkylation sites (tertiary alicyclic amines) is 1. The zero-order valence-corrected chi connectivity index (χ0v) is 14.4. The molecule has 3 rings (SSSR count). The monoisotopic (exact) mass is 364 g/mol. The first kappa shape index (κ1) is 15.5. The lowest BCUT2D eigenvalue weighted by molar-refractivity contribution is -0.146. The number of halogens is 1. The van der Waals surface area contributed by atoms with Crippen LogP contribution >= 0.6 is 15.9 Å². The van der Waals surface area contributed by atoms with Crippen molar-refractivity contribution in [2.45, 2.75) is 51.2 Å². The summed E-state index contributed by atoms with van der Waals surface area (Å²) in [5.41, 5.74) is 1.86. The van der Waals surface area contributed by atoms with E-state index in [1.54, 1.807) is 0 Å². The minimum absolute atomic E-state index is 0.0975. The molecule has 2 atom stereocenters. The fourth-order valence-electron chi connectivity index (χ4n) is 3.25. The fourth-order valence-corrected chi connectivity index (χ4v) is 3.65. The summed E-state index contributed by atoms with van der Waals surface area (Å²) in [6.45, 7) is 3.00. The van der Waals surface area contributed by atoms with Crippen molar-refractivity contribution in [2.24, 2.45) is 5.16 Å².